The number of likely N-dealkylation sites (tertiary alicyclic amines) is 1. The van der Waals surface area contributed by atoms with Crippen molar-refractivity contribution in [2.75, 3.05) is 13.1 Å². The van der Waals surface area contributed by atoms with Gasteiger partial charge in [0.2, 0.25) is 5.91 Å². The van der Waals surface area contributed by atoms with Crippen molar-refractivity contribution in [1.82, 2.24) is 10.2 Å². The summed E-state index contributed by atoms with van der Waals surface area (Å²) in [5.74, 6) is 1.28. The Bertz CT molecular complexity index is 415. The SMILES string of the molecule is NC(=O)C1CCN(C(=S)N[C@H]2C[C@H]3C=C[C@H]2C3)CC1. The molecular formula is C14H21N3OS. The van der Waals surface area contributed by atoms with Gasteiger partial charge in [0.05, 0.1) is 0 Å². The van der Waals surface area contributed by atoms with E-state index in [1.807, 2.05) is 0 Å². The second kappa shape index (κ2) is 5.12. The molecule has 1 amide bonds. The predicted octanol–water partition coefficient (Wildman–Crippen LogP) is 1.02. The zero-order valence-corrected chi connectivity index (χ0v) is 11.9. The second-order valence-electron chi connectivity index (χ2n) is 6.00. The van der Waals surface area contributed by atoms with E-state index in [9.17, 15) is 4.79 Å². The number of carbonyl (C=O) groups is 1. The largest absolute Gasteiger partial charge is 0.369 e. The Kier molecular flexibility index (Phi) is 3.48. The molecule has 0 spiro atoms. The lowest BCUT2D eigenvalue weighted by Crippen LogP contribution is -2.49. The quantitative estimate of drug-likeness (QED) is 0.585. The van der Waals surface area contributed by atoms with Gasteiger partial charge in [-0.1, -0.05) is 12.2 Å². The maximum Gasteiger partial charge on any atom is 0.220 e. The van der Waals surface area contributed by atoms with E-state index in [1.54, 1.807) is 0 Å². The zero-order chi connectivity index (χ0) is 13.4. The van der Waals surface area contributed by atoms with E-state index in [0.717, 1.165) is 37.0 Å². The number of amides is 1. The maximum absolute atomic E-state index is 11.1. The molecule has 3 aliphatic rings. The first-order chi connectivity index (χ1) is 9.13. The average Bonchev–Trinajstić information content (AvgIpc) is 3.01. The lowest BCUT2D eigenvalue weighted by atomic mass is 9.96. The minimum absolute atomic E-state index is 0.0319. The fourth-order valence-corrected chi connectivity index (χ4v) is 3.90. The van der Waals surface area contributed by atoms with Crippen LogP contribution in [0.5, 0.6) is 0 Å². The second-order valence-corrected chi connectivity index (χ2v) is 6.39. The highest BCUT2D eigenvalue weighted by Gasteiger charge is 2.36. The van der Waals surface area contributed by atoms with Gasteiger partial charge in [0.15, 0.2) is 5.11 Å². The highest BCUT2D eigenvalue weighted by Crippen LogP contribution is 2.39. The van der Waals surface area contributed by atoms with Crippen molar-refractivity contribution >= 4 is 23.2 Å². The van der Waals surface area contributed by atoms with E-state index >= 15 is 0 Å². The number of nitrogens with two attached hydrogens (primary N) is 1. The topological polar surface area (TPSA) is 58.4 Å². The van der Waals surface area contributed by atoms with E-state index in [1.165, 1.54) is 12.8 Å². The first-order valence-corrected chi connectivity index (χ1v) is 7.57. The molecule has 0 aromatic carbocycles. The molecule has 0 unspecified atom stereocenters. The van der Waals surface area contributed by atoms with Crippen LogP contribution in [-0.4, -0.2) is 35.1 Å². The summed E-state index contributed by atoms with van der Waals surface area (Å²) < 4.78 is 0. The lowest BCUT2D eigenvalue weighted by Gasteiger charge is -2.34. The average molecular weight is 279 g/mol. The molecule has 0 radical (unpaired) electrons. The minimum Gasteiger partial charge on any atom is -0.369 e. The van der Waals surface area contributed by atoms with Crippen molar-refractivity contribution < 1.29 is 4.79 Å². The van der Waals surface area contributed by atoms with Crippen LogP contribution in [0.2, 0.25) is 0 Å². The Morgan fingerprint density at radius 2 is 2.00 bits per heavy atom. The standard InChI is InChI=1S/C14H21N3OS/c15-13(18)10-3-5-17(6-4-10)14(19)16-12-8-9-1-2-11(12)7-9/h1-2,9-12H,3-8H2,(H2,15,18)(H,16,19)/t9-,11-,12-/m0/s1. The van der Waals surface area contributed by atoms with Crippen molar-refractivity contribution in [2.45, 2.75) is 31.7 Å². The number of piperidine rings is 1. The van der Waals surface area contributed by atoms with E-state index < -0.39 is 0 Å². The molecule has 0 aromatic heterocycles. The summed E-state index contributed by atoms with van der Waals surface area (Å²) in [7, 11) is 0. The van der Waals surface area contributed by atoms with Gasteiger partial charge in [-0.3, -0.25) is 4.79 Å². The Hall–Kier alpha value is -1.10. The maximum atomic E-state index is 11.1. The fraction of sp³-hybridized carbons (Fsp3) is 0.714. The number of primary amides is 1. The number of nitrogens with zero attached hydrogens (tertiary/aromatic N) is 1. The van der Waals surface area contributed by atoms with Crippen LogP contribution < -0.4 is 11.1 Å². The summed E-state index contributed by atoms with van der Waals surface area (Å²) in [5.41, 5.74) is 5.35. The van der Waals surface area contributed by atoms with Crippen LogP contribution in [0.4, 0.5) is 0 Å². The summed E-state index contributed by atoms with van der Waals surface area (Å²) in [6.07, 6.45) is 8.81. The number of rotatable bonds is 2. The number of allylic oxidation sites excluding steroid dienone is 1. The number of hydrogen-bond acceptors (Lipinski definition) is 2. The van der Waals surface area contributed by atoms with Crippen LogP contribution in [0.3, 0.4) is 0 Å². The van der Waals surface area contributed by atoms with E-state index in [4.69, 9.17) is 18.0 Å². The van der Waals surface area contributed by atoms with Crippen molar-refractivity contribution in [3.05, 3.63) is 12.2 Å². The molecule has 1 saturated carbocycles. The Balaban J connectivity index is 1.49. The highest BCUT2D eigenvalue weighted by atomic mass is 32.1. The molecule has 3 rings (SSSR count). The number of hydrogen-bond donors (Lipinski definition) is 2. The summed E-state index contributed by atoms with van der Waals surface area (Å²) in [4.78, 5) is 13.3. The van der Waals surface area contributed by atoms with E-state index in [0.29, 0.717) is 12.0 Å². The Morgan fingerprint density at radius 1 is 1.26 bits per heavy atom. The predicted molar refractivity (Wildman–Crippen MR) is 78.4 cm³/mol. The molecule has 3 N–H and O–H groups in total. The van der Waals surface area contributed by atoms with Gasteiger partial charge in [0.25, 0.3) is 0 Å². The third-order valence-corrected chi connectivity index (χ3v) is 5.15. The summed E-state index contributed by atoms with van der Waals surface area (Å²) in [6.45, 7) is 1.69. The molecule has 2 fully saturated rings. The van der Waals surface area contributed by atoms with Crippen LogP contribution in [0.1, 0.15) is 25.7 Å². The van der Waals surface area contributed by atoms with Gasteiger partial charge in [-0.25, -0.2) is 0 Å². The van der Waals surface area contributed by atoms with Crippen molar-refractivity contribution in [3.63, 3.8) is 0 Å². The molecule has 19 heavy (non-hydrogen) atoms. The molecule has 1 aliphatic heterocycles. The molecule has 2 bridgehead atoms. The number of fused-ring (bicyclic) bond motifs is 2. The van der Waals surface area contributed by atoms with Crippen LogP contribution in [0.15, 0.2) is 12.2 Å². The molecule has 104 valence electrons. The molecular weight excluding hydrogens is 258 g/mol. The number of thiocarbonyl (C=S) groups is 1. The van der Waals surface area contributed by atoms with Gasteiger partial charge in [0, 0.05) is 25.0 Å². The van der Waals surface area contributed by atoms with Gasteiger partial charge in [0.1, 0.15) is 0 Å². The molecule has 3 atom stereocenters. The van der Waals surface area contributed by atoms with Crippen molar-refractivity contribution in [3.8, 4) is 0 Å². The molecule has 5 heteroatoms. The first-order valence-electron chi connectivity index (χ1n) is 7.16. The molecule has 1 saturated heterocycles. The van der Waals surface area contributed by atoms with Crippen molar-refractivity contribution in [2.24, 2.45) is 23.5 Å². The van der Waals surface area contributed by atoms with Crippen LogP contribution >= 0.6 is 12.2 Å². The fourth-order valence-electron chi connectivity index (χ4n) is 3.56. The van der Waals surface area contributed by atoms with E-state index in [2.05, 4.69) is 22.4 Å². The highest BCUT2D eigenvalue weighted by molar-refractivity contribution is 7.80. The van der Waals surface area contributed by atoms with Gasteiger partial charge in [-0.05, 0) is 49.7 Å². The van der Waals surface area contributed by atoms with Gasteiger partial charge < -0.3 is 16.0 Å². The molecule has 4 nitrogen and oxygen atoms in total. The van der Waals surface area contributed by atoms with Crippen LogP contribution in [-0.2, 0) is 4.79 Å². The monoisotopic (exact) mass is 279 g/mol. The van der Waals surface area contributed by atoms with Crippen LogP contribution in [0.25, 0.3) is 0 Å². The summed E-state index contributed by atoms with van der Waals surface area (Å²) in [6, 6.07) is 0.511. The molecule has 1 heterocycles. The molecule has 0 aromatic rings. The number of nitrogens with one attached hydrogen (secondary N) is 1. The summed E-state index contributed by atoms with van der Waals surface area (Å²) in [5, 5.41) is 4.37. The van der Waals surface area contributed by atoms with Crippen LogP contribution in [0, 0.1) is 17.8 Å². The minimum atomic E-state index is -0.170. The Labute approximate surface area is 119 Å². The van der Waals surface area contributed by atoms with Gasteiger partial charge in [-0.15, -0.1) is 0 Å². The Morgan fingerprint density at radius 3 is 2.53 bits per heavy atom. The smallest absolute Gasteiger partial charge is 0.220 e. The first kappa shape index (κ1) is 12.9. The number of carbonyl (C=O) groups excluding carboxylic acids is 1. The summed E-state index contributed by atoms with van der Waals surface area (Å²) >= 11 is 5.51. The lowest BCUT2D eigenvalue weighted by molar-refractivity contribution is -0.122. The van der Waals surface area contributed by atoms with Gasteiger partial charge in [-0.2, -0.15) is 0 Å². The molecule has 2 aliphatic carbocycles. The zero-order valence-electron chi connectivity index (χ0n) is 11.0. The normalized spacial score (nSPS) is 33.7. The van der Waals surface area contributed by atoms with Gasteiger partial charge >= 0.3 is 0 Å². The van der Waals surface area contributed by atoms with E-state index in [-0.39, 0.29) is 11.8 Å². The van der Waals surface area contributed by atoms with Crippen molar-refractivity contribution in [1.29, 1.82) is 0 Å². The third-order valence-electron chi connectivity index (χ3n) is 4.77. The third kappa shape index (κ3) is 2.61.